The molecule has 0 saturated carbocycles. The molecule has 0 saturated heterocycles. The van der Waals surface area contributed by atoms with Crippen LogP contribution in [0.4, 0.5) is 5.69 Å². The maximum atomic E-state index is 12.2. The van der Waals surface area contributed by atoms with Crippen molar-refractivity contribution < 1.29 is 4.79 Å². The molecule has 3 nitrogen and oxygen atoms in total. The summed E-state index contributed by atoms with van der Waals surface area (Å²) in [4.78, 5) is 14.1. The van der Waals surface area contributed by atoms with Crippen molar-refractivity contribution in [2.24, 2.45) is 5.73 Å². The second-order valence-electron chi connectivity index (χ2n) is 4.65. The fourth-order valence-electron chi connectivity index (χ4n) is 2.27. The number of hydrogen-bond donors (Lipinski definition) is 1. The van der Waals surface area contributed by atoms with Gasteiger partial charge in [-0.3, -0.25) is 4.79 Å². The van der Waals surface area contributed by atoms with Crippen LogP contribution in [0.5, 0.6) is 0 Å². The molecule has 2 rings (SSSR count). The monoisotopic (exact) mass is 232 g/mol. The molecule has 0 spiro atoms. The number of para-hydroxylation sites is 1. The van der Waals surface area contributed by atoms with Gasteiger partial charge in [-0.25, -0.2) is 0 Å². The largest absolute Gasteiger partial charge is 0.327 e. The molecule has 0 fully saturated rings. The summed E-state index contributed by atoms with van der Waals surface area (Å²) in [7, 11) is 0. The first kappa shape index (κ1) is 12.1. The van der Waals surface area contributed by atoms with Gasteiger partial charge >= 0.3 is 0 Å². The number of carbonyl (C=O) groups excluding carboxylic acids is 1. The van der Waals surface area contributed by atoms with Crippen molar-refractivity contribution in [3.8, 4) is 0 Å². The van der Waals surface area contributed by atoms with Crippen molar-refractivity contribution in [2.75, 3.05) is 11.4 Å². The Kier molecular flexibility index (Phi) is 3.79. The van der Waals surface area contributed by atoms with Crippen molar-refractivity contribution in [3.05, 3.63) is 29.8 Å². The van der Waals surface area contributed by atoms with Gasteiger partial charge in [0.25, 0.3) is 0 Å². The lowest BCUT2D eigenvalue weighted by atomic mass is 10.0. The topological polar surface area (TPSA) is 46.3 Å². The Hall–Kier alpha value is -1.35. The van der Waals surface area contributed by atoms with E-state index in [9.17, 15) is 4.79 Å². The molecule has 92 valence electrons. The number of benzene rings is 1. The zero-order chi connectivity index (χ0) is 12.3. The minimum Gasteiger partial charge on any atom is -0.327 e. The van der Waals surface area contributed by atoms with Crippen LogP contribution in [0.25, 0.3) is 0 Å². The molecule has 1 aromatic carbocycles. The second-order valence-corrected chi connectivity index (χ2v) is 4.65. The fourth-order valence-corrected chi connectivity index (χ4v) is 2.27. The maximum Gasteiger partial charge on any atom is 0.228 e. The molecule has 0 aliphatic carbocycles. The summed E-state index contributed by atoms with van der Waals surface area (Å²) in [5.74, 6) is 0.159. The molecule has 1 aromatic rings. The van der Waals surface area contributed by atoms with Crippen LogP contribution in [-0.2, 0) is 11.2 Å². The number of aryl methyl sites for hydroxylation is 1. The first-order chi connectivity index (χ1) is 8.22. The SMILES string of the molecule is CCC(N)CC(=O)N1CCCc2ccccc21. The summed E-state index contributed by atoms with van der Waals surface area (Å²) in [5, 5.41) is 0. The lowest BCUT2D eigenvalue weighted by molar-refractivity contribution is -0.119. The van der Waals surface area contributed by atoms with E-state index in [1.807, 2.05) is 30.0 Å². The molecule has 17 heavy (non-hydrogen) atoms. The van der Waals surface area contributed by atoms with E-state index in [1.54, 1.807) is 0 Å². The van der Waals surface area contributed by atoms with Crippen LogP contribution in [0.15, 0.2) is 24.3 Å². The summed E-state index contributed by atoms with van der Waals surface area (Å²) in [6.45, 7) is 2.84. The van der Waals surface area contributed by atoms with Crippen molar-refractivity contribution in [3.63, 3.8) is 0 Å². The number of carbonyl (C=O) groups is 1. The minimum atomic E-state index is -0.0170. The third kappa shape index (κ3) is 2.67. The Labute approximate surface area is 103 Å². The standard InChI is InChI=1S/C14H20N2O/c1-2-12(15)10-14(17)16-9-5-7-11-6-3-4-8-13(11)16/h3-4,6,8,12H,2,5,7,9-10,15H2,1H3. The number of hydrogen-bond acceptors (Lipinski definition) is 2. The number of anilines is 1. The number of nitrogens with zero attached hydrogens (tertiary/aromatic N) is 1. The predicted molar refractivity (Wildman–Crippen MR) is 70.0 cm³/mol. The van der Waals surface area contributed by atoms with Crippen LogP contribution in [0.2, 0.25) is 0 Å². The quantitative estimate of drug-likeness (QED) is 0.867. The van der Waals surface area contributed by atoms with Gasteiger partial charge in [0.05, 0.1) is 0 Å². The van der Waals surface area contributed by atoms with Crippen LogP contribution < -0.4 is 10.6 Å². The zero-order valence-electron chi connectivity index (χ0n) is 10.4. The van der Waals surface area contributed by atoms with E-state index in [0.29, 0.717) is 6.42 Å². The van der Waals surface area contributed by atoms with E-state index in [1.165, 1.54) is 5.56 Å². The van der Waals surface area contributed by atoms with Crippen molar-refractivity contribution in [1.29, 1.82) is 0 Å². The average molecular weight is 232 g/mol. The van der Waals surface area contributed by atoms with Crippen molar-refractivity contribution in [2.45, 2.75) is 38.6 Å². The van der Waals surface area contributed by atoms with Gasteiger partial charge in [0.15, 0.2) is 0 Å². The van der Waals surface area contributed by atoms with Gasteiger partial charge < -0.3 is 10.6 Å². The van der Waals surface area contributed by atoms with E-state index in [4.69, 9.17) is 5.73 Å². The van der Waals surface area contributed by atoms with Crippen LogP contribution in [-0.4, -0.2) is 18.5 Å². The van der Waals surface area contributed by atoms with Gasteiger partial charge in [-0.2, -0.15) is 0 Å². The van der Waals surface area contributed by atoms with Gasteiger partial charge in [0.1, 0.15) is 0 Å². The highest BCUT2D eigenvalue weighted by molar-refractivity contribution is 5.94. The molecule has 3 heteroatoms. The summed E-state index contributed by atoms with van der Waals surface area (Å²) in [6, 6.07) is 8.14. The van der Waals surface area contributed by atoms with E-state index < -0.39 is 0 Å². The highest BCUT2D eigenvalue weighted by Crippen LogP contribution is 2.27. The normalized spacial score (nSPS) is 16.5. The van der Waals surface area contributed by atoms with Crippen LogP contribution in [0.3, 0.4) is 0 Å². The van der Waals surface area contributed by atoms with Gasteiger partial charge in [0.2, 0.25) is 5.91 Å². The molecule has 1 aliphatic heterocycles. The molecule has 1 unspecified atom stereocenters. The third-order valence-electron chi connectivity index (χ3n) is 3.37. The molecule has 1 atom stereocenters. The number of rotatable bonds is 3. The van der Waals surface area contributed by atoms with Crippen LogP contribution >= 0.6 is 0 Å². The first-order valence-corrected chi connectivity index (χ1v) is 6.36. The van der Waals surface area contributed by atoms with Gasteiger partial charge in [-0.05, 0) is 30.9 Å². The van der Waals surface area contributed by atoms with Crippen molar-refractivity contribution >= 4 is 11.6 Å². The smallest absolute Gasteiger partial charge is 0.228 e. The number of nitrogens with two attached hydrogens (primary N) is 1. The Morgan fingerprint density at radius 1 is 1.47 bits per heavy atom. The number of amides is 1. The highest BCUT2D eigenvalue weighted by atomic mass is 16.2. The zero-order valence-corrected chi connectivity index (χ0v) is 10.4. The maximum absolute atomic E-state index is 12.2. The number of fused-ring (bicyclic) bond motifs is 1. The second kappa shape index (κ2) is 5.32. The van der Waals surface area contributed by atoms with Crippen LogP contribution in [0.1, 0.15) is 31.7 Å². The minimum absolute atomic E-state index is 0.0170. The van der Waals surface area contributed by atoms with Crippen molar-refractivity contribution in [1.82, 2.24) is 0 Å². The summed E-state index contributed by atoms with van der Waals surface area (Å²) < 4.78 is 0. The third-order valence-corrected chi connectivity index (χ3v) is 3.37. The summed E-state index contributed by atoms with van der Waals surface area (Å²) >= 11 is 0. The summed E-state index contributed by atoms with van der Waals surface area (Å²) in [5.41, 5.74) is 8.20. The Bertz CT molecular complexity index is 403. The van der Waals surface area contributed by atoms with E-state index in [0.717, 1.165) is 31.5 Å². The fraction of sp³-hybridized carbons (Fsp3) is 0.500. The molecule has 1 heterocycles. The Morgan fingerprint density at radius 2 is 2.24 bits per heavy atom. The van der Waals surface area contributed by atoms with E-state index in [-0.39, 0.29) is 11.9 Å². The molecule has 0 aromatic heterocycles. The Morgan fingerprint density at radius 3 is 3.00 bits per heavy atom. The van der Waals surface area contributed by atoms with Gasteiger partial charge in [0, 0.05) is 24.7 Å². The molecule has 0 bridgehead atoms. The molecular weight excluding hydrogens is 212 g/mol. The highest BCUT2D eigenvalue weighted by Gasteiger charge is 2.22. The summed E-state index contributed by atoms with van der Waals surface area (Å²) in [6.07, 6.45) is 3.41. The molecule has 2 N–H and O–H groups in total. The Balaban J connectivity index is 2.15. The van der Waals surface area contributed by atoms with E-state index >= 15 is 0 Å². The van der Waals surface area contributed by atoms with Gasteiger partial charge in [-0.1, -0.05) is 25.1 Å². The lowest BCUT2D eigenvalue weighted by Gasteiger charge is -2.30. The van der Waals surface area contributed by atoms with Gasteiger partial charge in [-0.15, -0.1) is 0 Å². The first-order valence-electron chi connectivity index (χ1n) is 6.36. The van der Waals surface area contributed by atoms with Crippen LogP contribution in [0, 0.1) is 0 Å². The molecule has 1 aliphatic rings. The van der Waals surface area contributed by atoms with E-state index in [2.05, 4.69) is 6.07 Å². The molecule has 0 radical (unpaired) electrons. The average Bonchev–Trinajstić information content (AvgIpc) is 2.37. The lowest BCUT2D eigenvalue weighted by Crippen LogP contribution is -2.38. The molecule has 1 amide bonds. The predicted octanol–water partition coefficient (Wildman–Crippen LogP) is 2.09. The molecular formula is C14H20N2O.